The molecule has 7 heteroatoms. The summed E-state index contributed by atoms with van der Waals surface area (Å²) in [5.74, 6) is 0.648. The van der Waals surface area contributed by atoms with Crippen LogP contribution < -0.4 is 0 Å². The van der Waals surface area contributed by atoms with Gasteiger partial charge in [0.05, 0.1) is 0 Å². The minimum atomic E-state index is -4.67. The van der Waals surface area contributed by atoms with Gasteiger partial charge in [0.1, 0.15) is 0 Å². The van der Waals surface area contributed by atoms with Gasteiger partial charge in [-0.15, -0.1) is 0 Å². The molecule has 0 saturated heterocycles. The van der Waals surface area contributed by atoms with E-state index < -0.39 is 10.4 Å². The third kappa shape index (κ3) is 63.0. The Morgan fingerprint density at radius 1 is 1.25 bits per heavy atom. The average Bonchev–Trinajstić information content (AvgIpc) is 1.58. The molecule has 0 aliphatic carbocycles. The van der Waals surface area contributed by atoms with E-state index in [2.05, 4.69) is 13.8 Å². The minimum absolute atomic E-state index is 0. The van der Waals surface area contributed by atoms with Gasteiger partial charge in [-0.05, 0) is 12.3 Å². The summed E-state index contributed by atoms with van der Waals surface area (Å²) in [6.45, 7) is 4.52. The van der Waals surface area contributed by atoms with Crippen molar-refractivity contribution >= 4 is 61.8 Å². The molecule has 0 rings (SSSR count). The second kappa shape index (κ2) is 10.5. The van der Waals surface area contributed by atoms with Crippen LogP contribution in [-0.2, 0) is 10.4 Å². The van der Waals surface area contributed by atoms with Gasteiger partial charge >= 0.3 is 61.8 Å². The van der Waals surface area contributed by atoms with Crippen LogP contribution in [0, 0.1) is 5.92 Å². The number of hydrogen-bond acceptors (Lipinski definition) is 3. The molecule has 0 amide bonds. The second-order valence-electron chi connectivity index (χ2n) is 2.35. The van der Waals surface area contributed by atoms with E-state index >= 15 is 0 Å². The van der Waals surface area contributed by atoms with E-state index in [1.54, 1.807) is 0 Å². The van der Waals surface area contributed by atoms with Crippen LogP contribution in [0.4, 0.5) is 0 Å². The average molecular weight is 226 g/mol. The molecule has 0 aromatic rings. The van der Waals surface area contributed by atoms with Gasteiger partial charge < -0.3 is 5.11 Å². The molecular formula is C5H15KO5S. The van der Waals surface area contributed by atoms with E-state index in [1.165, 1.54) is 0 Å². The Morgan fingerprint density at radius 3 is 1.50 bits per heavy atom. The van der Waals surface area contributed by atoms with E-state index in [9.17, 15) is 0 Å². The molecule has 0 bridgehead atoms. The summed E-state index contributed by atoms with van der Waals surface area (Å²) in [5, 5.41) is 8.24. The summed E-state index contributed by atoms with van der Waals surface area (Å²) in [4.78, 5) is 0. The molecule has 0 aromatic heterocycles. The predicted octanol–water partition coefficient (Wildman–Crippen LogP) is -0.277. The first-order chi connectivity index (χ1) is 4.77. The summed E-state index contributed by atoms with van der Waals surface area (Å²) in [7, 11) is -4.67. The molecule has 0 saturated carbocycles. The SMILES string of the molecule is CC(C)CCO.O=S(=O)(O)O.[KH]. The van der Waals surface area contributed by atoms with Gasteiger partial charge in [0.25, 0.3) is 0 Å². The van der Waals surface area contributed by atoms with Crippen molar-refractivity contribution in [3.8, 4) is 0 Å². The van der Waals surface area contributed by atoms with Crippen LogP contribution in [0.1, 0.15) is 20.3 Å². The first-order valence-electron chi connectivity index (χ1n) is 3.08. The molecule has 0 aromatic carbocycles. The molecule has 5 nitrogen and oxygen atoms in total. The zero-order chi connectivity index (χ0) is 9.49. The summed E-state index contributed by atoms with van der Waals surface area (Å²) in [5.41, 5.74) is 0. The van der Waals surface area contributed by atoms with Crippen LogP contribution in [0.25, 0.3) is 0 Å². The predicted molar refractivity (Wildman–Crippen MR) is 47.9 cm³/mol. The van der Waals surface area contributed by atoms with E-state index in [1.807, 2.05) is 0 Å². The van der Waals surface area contributed by atoms with Crippen LogP contribution in [0.3, 0.4) is 0 Å². The van der Waals surface area contributed by atoms with Crippen molar-refractivity contribution in [2.45, 2.75) is 20.3 Å². The van der Waals surface area contributed by atoms with Gasteiger partial charge in [0.2, 0.25) is 0 Å². The van der Waals surface area contributed by atoms with Crippen LogP contribution in [0.5, 0.6) is 0 Å². The van der Waals surface area contributed by atoms with Gasteiger partial charge in [-0.1, -0.05) is 13.8 Å². The van der Waals surface area contributed by atoms with Crippen molar-refractivity contribution in [2.24, 2.45) is 5.92 Å². The van der Waals surface area contributed by atoms with Gasteiger partial charge in [0, 0.05) is 6.61 Å². The second-order valence-corrected chi connectivity index (χ2v) is 3.25. The molecule has 0 radical (unpaired) electrons. The Hall–Kier alpha value is 1.47. The molecule has 72 valence electrons. The van der Waals surface area contributed by atoms with E-state index in [0.717, 1.165) is 6.42 Å². The maximum atomic E-state index is 8.74. The molecule has 0 unspecified atom stereocenters. The van der Waals surface area contributed by atoms with Gasteiger partial charge in [-0.2, -0.15) is 8.42 Å². The molecule has 12 heavy (non-hydrogen) atoms. The summed E-state index contributed by atoms with van der Waals surface area (Å²) >= 11 is 0. The first kappa shape index (κ1) is 19.1. The van der Waals surface area contributed by atoms with Gasteiger partial charge in [-0.25, -0.2) is 0 Å². The van der Waals surface area contributed by atoms with E-state index in [-0.39, 0.29) is 51.4 Å². The standard InChI is InChI=1S/C5H12O.K.H2O4S.H/c1-5(2)3-4-6;;1-5(2,3)4;/h5-6H,3-4H2,1-2H3;;(H2,1,2,3,4);. The summed E-state index contributed by atoms with van der Waals surface area (Å²) in [6, 6.07) is 0. The van der Waals surface area contributed by atoms with Crippen LogP contribution in [0.15, 0.2) is 0 Å². The summed E-state index contributed by atoms with van der Waals surface area (Å²) < 4.78 is 31.6. The molecule has 0 spiro atoms. The Labute approximate surface area is 116 Å². The summed E-state index contributed by atoms with van der Waals surface area (Å²) in [6.07, 6.45) is 0.931. The number of aliphatic hydroxyl groups is 1. The monoisotopic (exact) mass is 226 g/mol. The molecular weight excluding hydrogens is 211 g/mol. The fourth-order valence-corrected chi connectivity index (χ4v) is 0.258. The Bertz CT molecular complexity index is 157. The normalized spacial score (nSPS) is 9.83. The van der Waals surface area contributed by atoms with Crippen molar-refractivity contribution in [2.75, 3.05) is 6.61 Å². The molecule has 0 aliphatic rings. The first-order valence-corrected chi connectivity index (χ1v) is 4.47. The molecule has 0 atom stereocenters. The Morgan fingerprint density at radius 2 is 1.50 bits per heavy atom. The Balaban J connectivity index is -0.000000126. The molecule has 3 N–H and O–H groups in total. The van der Waals surface area contributed by atoms with E-state index in [0.29, 0.717) is 12.5 Å². The zero-order valence-corrected chi connectivity index (χ0v) is 7.37. The van der Waals surface area contributed by atoms with Gasteiger partial charge in [0.15, 0.2) is 0 Å². The fourth-order valence-electron chi connectivity index (χ4n) is 0.258. The van der Waals surface area contributed by atoms with Crippen molar-refractivity contribution in [3.05, 3.63) is 0 Å². The topological polar surface area (TPSA) is 94.8 Å². The molecule has 0 heterocycles. The number of aliphatic hydroxyl groups excluding tert-OH is 1. The van der Waals surface area contributed by atoms with Crippen LogP contribution in [-0.4, -0.2) is 80.6 Å². The van der Waals surface area contributed by atoms with Crippen LogP contribution in [0.2, 0.25) is 0 Å². The number of rotatable bonds is 2. The zero-order valence-electron chi connectivity index (χ0n) is 6.56. The Kier molecular flexibility index (Phi) is 16.8. The quantitative estimate of drug-likeness (QED) is 0.445. The van der Waals surface area contributed by atoms with Crippen LogP contribution >= 0.6 is 0 Å². The maximum absolute atomic E-state index is 8.74. The van der Waals surface area contributed by atoms with Crippen molar-refractivity contribution in [1.82, 2.24) is 0 Å². The van der Waals surface area contributed by atoms with Gasteiger partial charge in [-0.3, -0.25) is 9.11 Å². The van der Waals surface area contributed by atoms with Crippen molar-refractivity contribution in [3.63, 3.8) is 0 Å². The van der Waals surface area contributed by atoms with Crippen molar-refractivity contribution < 1.29 is 22.6 Å². The van der Waals surface area contributed by atoms with Crippen molar-refractivity contribution in [1.29, 1.82) is 0 Å². The fraction of sp³-hybridized carbons (Fsp3) is 1.00. The third-order valence-corrected chi connectivity index (χ3v) is 0.706. The third-order valence-electron chi connectivity index (χ3n) is 0.706. The molecule has 0 fully saturated rings. The number of hydrogen-bond donors (Lipinski definition) is 3. The van der Waals surface area contributed by atoms with E-state index in [4.69, 9.17) is 22.6 Å². The molecule has 0 aliphatic heterocycles.